The van der Waals surface area contributed by atoms with E-state index in [1.807, 2.05) is 0 Å². The van der Waals surface area contributed by atoms with Crippen molar-refractivity contribution in [1.29, 1.82) is 0 Å². The van der Waals surface area contributed by atoms with Gasteiger partial charge in [0.1, 0.15) is 53.5 Å². The summed E-state index contributed by atoms with van der Waals surface area (Å²) >= 11 is 0. The molecule has 1 fully saturated rings. The summed E-state index contributed by atoms with van der Waals surface area (Å²) in [6.07, 6.45) is -7.96. The quantitative estimate of drug-likeness (QED) is 0.215. The Morgan fingerprint density at radius 1 is 0.889 bits per heavy atom. The molecule has 13 heteroatoms. The molecule has 1 aromatic heterocycles. The highest BCUT2D eigenvalue weighted by molar-refractivity contribution is 5.88. The molecular weight excluding hydrogens is 484 g/mol. The van der Waals surface area contributed by atoms with Gasteiger partial charge in [0.25, 0.3) is 0 Å². The lowest BCUT2D eigenvalue weighted by atomic mass is 9.99. The van der Waals surface area contributed by atoms with Gasteiger partial charge in [-0.1, -0.05) is 0 Å². The summed E-state index contributed by atoms with van der Waals surface area (Å²) in [7, 11) is 2.47. The molecule has 7 N–H and O–H groups in total. The van der Waals surface area contributed by atoms with Crippen LogP contribution in [0.15, 0.2) is 33.5 Å². The number of fused-ring (bicyclic) bond motifs is 1. The van der Waals surface area contributed by atoms with E-state index in [0.717, 1.165) is 12.1 Å². The Hall–Kier alpha value is -3.75. The van der Waals surface area contributed by atoms with E-state index < -0.39 is 60.0 Å². The second-order valence-electron chi connectivity index (χ2n) is 8.00. The third-order valence-electron chi connectivity index (χ3n) is 5.75. The first-order valence-electron chi connectivity index (χ1n) is 10.6. The van der Waals surface area contributed by atoms with Crippen LogP contribution in [0.4, 0.5) is 0 Å². The molecule has 0 amide bonds. The second kappa shape index (κ2) is 9.72. The van der Waals surface area contributed by atoms with Gasteiger partial charge in [-0.05, 0) is 12.1 Å². The molecule has 3 aromatic rings. The van der Waals surface area contributed by atoms with Crippen LogP contribution in [-0.2, 0) is 4.74 Å². The minimum atomic E-state index is -1.76. The maximum absolute atomic E-state index is 13.1. The van der Waals surface area contributed by atoms with Crippen molar-refractivity contribution in [3.8, 4) is 45.8 Å². The number of aromatic hydroxyl groups is 3. The Morgan fingerprint density at radius 2 is 1.61 bits per heavy atom. The molecule has 194 valence electrons. The fourth-order valence-corrected chi connectivity index (χ4v) is 3.84. The zero-order valence-corrected chi connectivity index (χ0v) is 19.0. The van der Waals surface area contributed by atoms with Crippen LogP contribution in [0.2, 0.25) is 0 Å². The van der Waals surface area contributed by atoms with Gasteiger partial charge in [-0.3, -0.25) is 4.79 Å². The number of aliphatic hydroxyl groups excluding tert-OH is 4. The highest BCUT2D eigenvalue weighted by Crippen LogP contribution is 2.43. The molecule has 0 saturated carbocycles. The van der Waals surface area contributed by atoms with E-state index in [0.29, 0.717) is 0 Å². The molecule has 1 aliphatic heterocycles. The minimum Gasteiger partial charge on any atom is -0.507 e. The molecule has 0 bridgehead atoms. The molecule has 1 unspecified atom stereocenters. The monoisotopic (exact) mass is 508 g/mol. The molecule has 1 aliphatic rings. The SMILES string of the molecule is COc1cc(-c2oc3cc(OC[C@H]4OC(O)[C@H](O)[C@@H](O)[C@@H]4O)cc(O)c3c(=O)c2OC)cc(O)c1O. The van der Waals surface area contributed by atoms with E-state index in [1.54, 1.807) is 0 Å². The standard InChI is InChI=1S/C23H24O13/c1-32-13-4-8(3-11(25)16(13)26)21-22(33-2)18(28)15-10(24)5-9(6-12(15)35-21)34-7-14-17(27)19(29)20(30)23(31)36-14/h3-6,14,17,19-20,23-27,29-31H,7H2,1-2H3/t14-,17-,19+,20-,23?/m1/s1. The number of hydrogen-bond donors (Lipinski definition) is 7. The zero-order chi connectivity index (χ0) is 26.3. The van der Waals surface area contributed by atoms with Gasteiger partial charge in [-0.15, -0.1) is 0 Å². The second-order valence-corrected chi connectivity index (χ2v) is 8.00. The summed E-state index contributed by atoms with van der Waals surface area (Å²) in [6.45, 7) is -0.413. The van der Waals surface area contributed by atoms with Crippen molar-refractivity contribution >= 4 is 11.0 Å². The van der Waals surface area contributed by atoms with Crippen molar-refractivity contribution in [3.63, 3.8) is 0 Å². The van der Waals surface area contributed by atoms with Gasteiger partial charge in [0.05, 0.1) is 14.2 Å². The average molecular weight is 508 g/mol. The molecule has 0 aliphatic carbocycles. The van der Waals surface area contributed by atoms with Crippen LogP contribution in [0, 0.1) is 0 Å². The predicted molar refractivity (Wildman–Crippen MR) is 120 cm³/mol. The Morgan fingerprint density at radius 3 is 2.28 bits per heavy atom. The van der Waals surface area contributed by atoms with Crippen molar-refractivity contribution < 1.29 is 59.1 Å². The summed E-state index contributed by atoms with van der Waals surface area (Å²) in [5, 5.41) is 69.4. The van der Waals surface area contributed by atoms with Crippen LogP contribution < -0.4 is 19.6 Å². The summed E-state index contributed by atoms with van der Waals surface area (Å²) < 4.78 is 26.6. The number of aliphatic hydroxyl groups is 4. The Bertz CT molecular complexity index is 1330. The van der Waals surface area contributed by atoms with E-state index in [2.05, 4.69) is 0 Å². The van der Waals surface area contributed by atoms with E-state index >= 15 is 0 Å². The number of ether oxygens (including phenoxy) is 4. The molecular formula is C23H24O13. The van der Waals surface area contributed by atoms with Crippen LogP contribution in [0.1, 0.15) is 0 Å². The lowest BCUT2D eigenvalue weighted by molar-refractivity contribution is -0.285. The largest absolute Gasteiger partial charge is 0.507 e. The normalized spacial score (nSPS) is 24.0. The molecule has 2 aromatic carbocycles. The summed E-state index contributed by atoms with van der Waals surface area (Å²) in [5.41, 5.74) is -0.766. The van der Waals surface area contributed by atoms with Gasteiger partial charge in [-0.2, -0.15) is 0 Å². The maximum Gasteiger partial charge on any atom is 0.239 e. The highest BCUT2D eigenvalue weighted by atomic mass is 16.6. The van der Waals surface area contributed by atoms with E-state index in [-0.39, 0.29) is 39.5 Å². The first kappa shape index (κ1) is 25.3. The van der Waals surface area contributed by atoms with Crippen LogP contribution in [-0.4, -0.2) is 87.3 Å². The van der Waals surface area contributed by atoms with Crippen molar-refractivity contribution in [1.82, 2.24) is 0 Å². The smallest absolute Gasteiger partial charge is 0.239 e. The lowest BCUT2D eigenvalue weighted by Gasteiger charge is -2.38. The summed E-state index contributed by atoms with van der Waals surface area (Å²) in [4.78, 5) is 13.1. The molecule has 0 spiro atoms. The molecule has 1 saturated heterocycles. The van der Waals surface area contributed by atoms with Gasteiger partial charge in [0.15, 0.2) is 23.5 Å². The van der Waals surface area contributed by atoms with Crippen molar-refractivity contribution in [2.45, 2.75) is 30.7 Å². The summed E-state index contributed by atoms with van der Waals surface area (Å²) in [6, 6.07) is 4.78. The minimum absolute atomic E-state index is 0.0312. The fourth-order valence-electron chi connectivity index (χ4n) is 3.84. The van der Waals surface area contributed by atoms with E-state index in [9.17, 15) is 40.5 Å². The summed E-state index contributed by atoms with van der Waals surface area (Å²) in [5.74, 6) is -2.16. The Labute approximate surface area is 202 Å². The maximum atomic E-state index is 13.1. The number of phenolic OH excluding ortho intramolecular Hbond substituents is 3. The number of methoxy groups -OCH3 is 2. The average Bonchev–Trinajstić information content (AvgIpc) is 2.85. The number of hydrogen-bond acceptors (Lipinski definition) is 13. The number of benzene rings is 2. The van der Waals surface area contributed by atoms with Gasteiger partial charge >= 0.3 is 0 Å². The van der Waals surface area contributed by atoms with E-state index in [1.165, 1.54) is 26.4 Å². The first-order chi connectivity index (χ1) is 17.1. The van der Waals surface area contributed by atoms with Crippen molar-refractivity contribution in [2.75, 3.05) is 20.8 Å². The topological polar surface area (TPSA) is 209 Å². The van der Waals surface area contributed by atoms with Crippen molar-refractivity contribution in [3.05, 3.63) is 34.5 Å². The van der Waals surface area contributed by atoms with E-state index in [4.69, 9.17) is 23.4 Å². The molecule has 0 radical (unpaired) electrons. The lowest BCUT2D eigenvalue weighted by Crippen LogP contribution is -2.58. The molecule has 13 nitrogen and oxygen atoms in total. The van der Waals surface area contributed by atoms with Crippen molar-refractivity contribution in [2.24, 2.45) is 0 Å². The first-order valence-corrected chi connectivity index (χ1v) is 10.6. The Kier molecular flexibility index (Phi) is 6.84. The zero-order valence-electron chi connectivity index (χ0n) is 19.0. The molecule has 36 heavy (non-hydrogen) atoms. The number of rotatable bonds is 6. The molecule has 4 rings (SSSR count). The third kappa shape index (κ3) is 4.34. The predicted octanol–water partition coefficient (Wildman–Crippen LogP) is -0.227. The fraction of sp³-hybridized carbons (Fsp3) is 0.348. The van der Waals surface area contributed by atoms with Crippen LogP contribution in [0.3, 0.4) is 0 Å². The van der Waals surface area contributed by atoms with Gasteiger partial charge in [0, 0.05) is 17.7 Å². The third-order valence-corrected chi connectivity index (χ3v) is 5.75. The van der Waals surface area contributed by atoms with Crippen LogP contribution >= 0.6 is 0 Å². The Balaban J connectivity index is 1.74. The van der Waals surface area contributed by atoms with Crippen LogP contribution in [0.25, 0.3) is 22.3 Å². The van der Waals surface area contributed by atoms with Gasteiger partial charge in [-0.25, -0.2) is 0 Å². The van der Waals surface area contributed by atoms with Gasteiger partial charge in [0.2, 0.25) is 16.9 Å². The molecule has 5 atom stereocenters. The highest BCUT2D eigenvalue weighted by Gasteiger charge is 2.43. The molecule has 2 heterocycles. The van der Waals surface area contributed by atoms with Gasteiger partial charge < -0.3 is 59.1 Å². The number of phenols is 3. The van der Waals surface area contributed by atoms with Crippen LogP contribution in [0.5, 0.6) is 34.5 Å².